The van der Waals surface area contributed by atoms with Gasteiger partial charge in [0.05, 0.1) is 0 Å². The monoisotopic (exact) mass is 243 g/mol. The molecule has 0 aliphatic rings. The molecule has 0 saturated heterocycles. The van der Waals surface area contributed by atoms with Gasteiger partial charge in [-0.25, -0.2) is 8.78 Å². The summed E-state index contributed by atoms with van der Waals surface area (Å²) in [7, 11) is 3.41. The second-order valence-electron chi connectivity index (χ2n) is 4.08. The van der Waals surface area contributed by atoms with Crippen molar-refractivity contribution in [3.05, 3.63) is 35.4 Å². The third-order valence-electron chi connectivity index (χ3n) is 2.57. The molecule has 5 heteroatoms. The maximum absolute atomic E-state index is 13.6. The average Bonchev–Trinajstić information content (AvgIpc) is 2.22. The summed E-state index contributed by atoms with van der Waals surface area (Å²) >= 11 is 0. The summed E-state index contributed by atoms with van der Waals surface area (Å²) < 4.78 is 26.6. The highest BCUT2D eigenvalue weighted by atomic mass is 19.1. The molecule has 17 heavy (non-hydrogen) atoms. The normalized spacial score (nSPS) is 12.8. The Balaban J connectivity index is 2.96. The van der Waals surface area contributed by atoms with Crippen LogP contribution in [0.4, 0.5) is 8.78 Å². The number of hydrogen-bond acceptors (Lipinski definition) is 2. The van der Waals surface area contributed by atoms with E-state index in [0.29, 0.717) is 0 Å². The number of aliphatic carboxylic acids is 1. The number of halogens is 2. The van der Waals surface area contributed by atoms with E-state index in [1.165, 1.54) is 0 Å². The van der Waals surface area contributed by atoms with E-state index in [1.54, 1.807) is 19.0 Å². The maximum Gasteiger partial charge on any atom is 0.303 e. The Bertz CT molecular complexity index is 407. The standard InChI is InChI=1S/C12H15F2NO2/c1-15(2)11(5-6-12(16)17)9-7-8(13)3-4-10(9)14/h3-4,7,11H,5-6H2,1-2H3,(H,16,17). The first-order valence-corrected chi connectivity index (χ1v) is 5.25. The third-order valence-corrected chi connectivity index (χ3v) is 2.57. The molecule has 0 saturated carbocycles. The van der Waals surface area contributed by atoms with Crippen molar-refractivity contribution in [2.24, 2.45) is 0 Å². The Kier molecular flexibility index (Phi) is 4.57. The highest BCUT2D eigenvalue weighted by Crippen LogP contribution is 2.26. The van der Waals surface area contributed by atoms with E-state index in [2.05, 4.69) is 0 Å². The SMILES string of the molecule is CN(C)C(CCC(=O)O)c1cc(F)ccc1F. The molecule has 1 N–H and O–H groups in total. The lowest BCUT2D eigenvalue weighted by Crippen LogP contribution is -2.22. The molecule has 0 fully saturated rings. The van der Waals surface area contributed by atoms with Crippen LogP contribution in [0, 0.1) is 11.6 Å². The zero-order valence-electron chi connectivity index (χ0n) is 9.78. The van der Waals surface area contributed by atoms with E-state index >= 15 is 0 Å². The predicted molar refractivity (Wildman–Crippen MR) is 59.7 cm³/mol. The van der Waals surface area contributed by atoms with E-state index in [0.717, 1.165) is 18.2 Å². The topological polar surface area (TPSA) is 40.5 Å². The highest BCUT2D eigenvalue weighted by molar-refractivity contribution is 5.66. The van der Waals surface area contributed by atoms with Crippen molar-refractivity contribution in [2.75, 3.05) is 14.1 Å². The van der Waals surface area contributed by atoms with Crippen molar-refractivity contribution in [2.45, 2.75) is 18.9 Å². The number of nitrogens with zero attached hydrogens (tertiary/aromatic N) is 1. The maximum atomic E-state index is 13.6. The van der Waals surface area contributed by atoms with Gasteiger partial charge in [-0.15, -0.1) is 0 Å². The van der Waals surface area contributed by atoms with Crippen LogP contribution in [0.3, 0.4) is 0 Å². The van der Waals surface area contributed by atoms with E-state index in [1.807, 2.05) is 0 Å². The van der Waals surface area contributed by atoms with Gasteiger partial charge in [-0.1, -0.05) is 0 Å². The second-order valence-corrected chi connectivity index (χ2v) is 4.08. The minimum Gasteiger partial charge on any atom is -0.481 e. The van der Waals surface area contributed by atoms with Gasteiger partial charge in [0.15, 0.2) is 0 Å². The first-order valence-electron chi connectivity index (χ1n) is 5.25. The molecule has 0 radical (unpaired) electrons. The van der Waals surface area contributed by atoms with Crippen LogP contribution in [0.1, 0.15) is 24.4 Å². The summed E-state index contributed by atoms with van der Waals surface area (Å²) in [4.78, 5) is 12.2. The molecular weight excluding hydrogens is 228 g/mol. The van der Waals surface area contributed by atoms with Gasteiger partial charge in [-0.05, 0) is 38.7 Å². The summed E-state index contributed by atoms with van der Waals surface area (Å²) in [5.74, 6) is -1.99. The van der Waals surface area contributed by atoms with E-state index in [9.17, 15) is 13.6 Å². The average molecular weight is 243 g/mol. The van der Waals surface area contributed by atoms with Crippen LogP contribution in [0.2, 0.25) is 0 Å². The molecule has 1 aromatic carbocycles. The zero-order valence-corrected chi connectivity index (χ0v) is 9.78. The molecule has 0 aliphatic heterocycles. The Morgan fingerprint density at radius 2 is 2.06 bits per heavy atom. The van der Waals surface area contributed by atoms with Gasteiger partial charge in [0.1, 0.15) is 11.6 Å². The van der Waals surface area contributed by atoms with Crippen molar-refractivity contribution in [3.8, 4) is 0 Å². The minimum absolute atomic E-state index is 0.0845. The molecule has 1 unspecified atom stereocenters. The summed E-state index contributed by atoms with van der Waals surface area (Å²) in [5, 5.41) is 8.63. The van der Waals surface area contributed by atoms with Crippen LogP contribution in [-0.2, 0) is 4.79 Å². The molecule has 94 valence electrons. The van der Waals surface area contributed by atoms with Gasteiger partial charge >= 0.3 is 5.97 Å². The molecule has 1 atom stereocenters. The highest BCUT2D eigenvalue weighted by Gasteiger charge is 2.19. The van der Waals surface area contributed by atoms with Crippen molar-refractivity contribution in [1.29, 1.82) is 0 Å². The van der Waals surface area contributed by atoms with Crippen LogP contribution < -0.4 is 0 Å². The lowest BCUT2D eigenvalue weighted by atomic mass is 10.0. The Morgan fingerprint density at radius 1 is 1.41 bits per heavy atom. The lowest BCUT2D eigenvalue weighted by molar-refractivity contribution is -0.137. The predicted octanol–water partition coefficient (Wildman–Crippen LogP) is 2.43. The molecule has 1 aromatic rings. The van der Waals surface area contributed by atoms with Crippen molar-refractivity contribution in [1.82, 2.24) is 4.90 Å². The largest absolute Gasteiger partial charge is 0.481 e. The molecular formula is C12H15F2NO2. The van der Waals surface area contributed by atoms with Gasteiger partial charge in [0, 0.05) is 18.0 Å². The number of benzene rings is 1. The molecule has 0 bridgehead atoms. The first-order chi connectivity index (χ1) is 7.91. The fourth-order valence-corrected chi connectivity index (χ4v) is 1.72. The molecule has 0 amide bonds. The summed E-state index contributed by atoms with van der Waals surface area (Å²) in [6.45, 7) is 0. The van der Waals surface area contributed by atoms with Crippen LogP contribution in [-0.4, -0.2) is 30.1 Å². The number of carbonyl (C=O) groups is 1. The molecule has 0 aliphatic carbocycles. The summed E-state index contributed by atoms with van der Waals surface area (Å²) in [5.41, 5.74) is 0.191. The van der Waals surface area contributed by atoms with E-state index in [-0.39, 0.29) is 18.4 Å². The minimum atomic E-state index is -0.950. The van der Waals surface area contributed by atoms with Crippen molar-refractivity contribution in [3.63, 3.8) is 0 Å². The van der Waals surface area contributed by atoms with Crippen molar-refractivity contribution >= 4 is 5.97 Å². The van der Waals surface area contributed by atoms with E-state index in [4.69, 9.17) is 5.11 Å². The van der Waals surface area contributed by atoms with Gasteiger partial charge in [0.25, 0.3) is 0 Å². The molecule has 0 aromatic heterocycles. The molecule has 0 spiro atoms. The van der Waals surface area contributed by atoms with Crippen molar-refractivity contribution < 1.29 is 18.7 Å². The first kappa shape index (κ1) is 13.6. The van der Waals surface area contributed by atoms with Crippen LogP contribution >= 0.6 is 0 Å². The quantitative estimate of drug-likeness (QED) is 0.863. The third kappa shape index (κ3) is 3.78. The number of carboxylic acids is 1. The number of carboxylic acid groups (broad SMARTS) is 1. The van der Waals surface area contributed by atoms with Crippen LogP contribution in [0.15, 0.2) is 18.2 Å². The van der Waals surface area contributed by atoms with E-state index < -0.39 is 23.6 Å². The summed E-state index contributed by atoms with van der Waals surface area (Å²) in [6.07, 6.45) is 0.154. The Labute approximate surface area is 98.7 Å². The smallest absolute Gasteiger partial charge is 0.303 e. The Hall–Kier alpha value is -1.49. The number of rotatable bonds is 5. The fraction of sp³-hybridized carbons (Fsp3) is 0.417. The number of hydrogen-bond donors (Lipinski definition) is 1. The van der Waals surface area contributed by atoms with Crippen LogP contribution in [0.5, 0.6) is 0 Å². The second kappa shape index (κ2) is 5.72. The fourth-order valence-electron chi connectivity index (χ4n) is 1.72. The molecule has 0 heterocycles. The van der Waals surface area contributed by atoms with Crippen LogP contribution in [0.25, 0.3) is 0 Å². The zero-order chi connectivity index (χ0) is 13.0. The van der Waals surface area contributed by atoms with Gasteiger partial charge in [-0.3, -0.25) is 4.79 Å². The molecule has 3 nitrogen and oxygen atoms in total. The van der Waals surface area contributed by atoms with Gasteiger partial charge in [0.2, 0.25) is 0 Å². The van der Waals surface area contributed by atoms with Gasteiger partial charge < -0.3 is 10.0 Å². The summed E-state index contributed by atoms with van der Waals surface area (Å²) in [6, 6.07) is 2.77. The lowest BCUT2D eigenvalue weighted by Gasteiger charge is -2.24. The Morgan fingerprint density at radius 3 is 2.59 bits per heavy atom. The molecule has 1 rings (SSSR count). The van der Waals surface area contributed by atoms with Gasteiger partial charge in [-0.2, -0.15) is 0 Å².